The molecule has 3 rings (SSSR count). The Balaban J connectivity index is 1.48. The van der Waals surface area contributed by atoms with Crippen molar-refractivity contribution >= 4 is 5.97 Å². The second-order valence-electron chi connectivity index (χ2n) is 5.74. The average Bonchev–Trinajstić information content (AvgIpc) is 3.14. The average molecular weight is 353 g/mol. The molecule has 0 aliphatic carbocycles. The second-order valence-corrected chi connectivity index (χ2v) is 5.74. The van der Waals surface area contributed by atoms with Gasteiger partial charge < -0.3 is 14.0 Å². The number of carbonyl (C=O) groups excluding carboxylic acids is 1. The Morgan fingerprint density at radius 2 is 2.04 bits per heavy atom. The number of ether oxygens (including phenoxy) is 2. The molecule has 0 bridgehead atoms. The van der Waals surface area contributed by atoms with Gasteiger partial charge in [-0.2, -0.15) is 4.98 Å². The highest BCUT2D eigenvalue weighted by molar-refractivity contribution is 5.69. The monoisotopic (exact) mass is 353 g/mol. The Kier molecular flexibility index (Phi) is 5.58. The van der Waals surface area contributed by atoms with Crippen LogP contribution in [-0.4, -0.2) is 27.7 Å². The minimum atomic E-state index is -0.639. The van der Waals surface area contributed by atoms with Crippen molar-refractivity contribution in [2.45, 2.75) is 26.4 Å². The molecule has 0 spiro atoms. The van der Waals surface area contributed by atoms with Crippen LogP contribution < -0.4 is 4.74 Å². The quantitative estimate of drug-likeness (QED) is 0.601. The molecular weight excluding hydrogens is 334 g/mol. The molecule has 0 aliphatic heterocycles. The van der Waals surface area contributed by atoms with Crippen molar-refractivity contribution in [1.82, 2.24) is 15.1 Å². The van der Waals surface area contributed by atoms with Gasteiger partial charge in [-0.25, -0.2) is 0 Å². The van der Waals surface area contributed by atoms with E-state index in [1.165, 1.54) is 0 Å². The van der Waals surface area contributed by atoms with E-state index >= 15 is 0 Å². The van der Waals surface area contributed by atoms with Crippen LogP contribution in [0, 0.1) is 6.92 Å². The smallest absolute Gasteiger partial charge is 0.310 e. The van der Waals surface area contributed by atoms with Gasteiger partial charge in [-0.15, -0.1) is 0 Å². The van der Waals surface area contributed by atoms with E-state index in [9.17, 15) is 4.79 Å². The van der Waals surface area contributed by atoms with E-state index < -0.39 is 12.1 Å². The second kappa shape index (κ2) is 8.24. The van der Waals surface area contributed by atoms with Gasteiger partial charge in [0.05, 0.1) is 13.0 Å². The van der Waals surface area contributed by atoms with E-state index in [4.69, 9.17) is 14.0 Å². The first-order valence-electron chi connectivity index (χ1n) is 8.25. The van der Waals surface area contributed by atoms with E-state index in [1.54, 1.807) is 25.4 Å². The highest BCUT2D eigenvalue weighted by atomic mass is 16.6. The normalized spacial score (nSPS) is 11.8. The summed E-state index contributed by atoms with van der Waals surface area (Å²) >= 11 is 0. The topological polar surface area (TPSA) is 87.3 Å². The predicted molar refractivity (Wildman–Crippen MR) is 93.3 cm³/mol. The maximum atomic E-state index is 11.9. The fourth-order valence-electron chi connectivity index (χ4n) is 2.21. The van der Waals surface area contributed by atoms with E-state index in [0.29, 0.717) is 5.82 Å². The molecule has 2 aromatic heterocycles. The SMILES string of the molecule is Cc1ccc(OCCC(=O)OC(C)c2nc(-c3cccnc3)no2)cc1. The number of carbonyl (C=O) groups is 1. The molecule has 7 heteroatoms. The molecule has 0 saturated heterocycles. The van der Waals surface area contributed by atoms with Gasteiger partial charge in [0.25, 0.3) is 5.89 Å². The number of hydrogen-bond donors (Lipinski definition) is 0. The lowest BCUT2D eigenvalue weighted by Gasteiger charge is -2.10. The van der Waals surface area contributed by atoms with E-state index in [2.05, 4.69) is 15.1 Å². The fraction of sp³-hybridized carbons (Fsp3) is 0.263. The lowest BCUT2D eigenvalue weighted by Crippen LogP contribution is -2.12. The van der Waals surface area contributed by atoms with Gasteiger partial charge in [-0.1, -0.05) is 22.9 Å². The van der Waals surface area contributed by atoms with Gasteiger partial charge in [0.2, 0.25) is 5.82 Å². The number of aromatic nitrogens is 3. The molecule has 0 fully saturated rings. The number of rotatable bonds is 7. The fourth-order valence-corrected chi connectivity index (χ4v) is 2.21. The Labute approximate surface area is 151 Å². The van der Waals surface area contributed by atoms with E-state index in [-0.39, 0.29) is 18.9 Å². The van der Waals surface area contributed by atoms with E-state index in [1.807, 2.05) is 37.3 Å². The molecule has 0 aliphatic rings. The van der Waals surface area contributed by atoms with Crippen LogP contribution in [0.2, 0.25) is 0 Å². The molecule has 0 amide bonds. The maximum absolute atomic E-state index is 11.9. The van der Waals surface area contributed by atoms with Crippen molar-refractivity contribution < 1.29 is 18.8 Å². The molecule has 0 saturated carbocycles. The predicted octanol–water partition coefficient (Wildman–Crippen LogP) is 3.51. The first-order valence-corrected chi connectivity index (χ1v) is 8.25. The number of esters is 1. The first-order chi connectivity index (χ1) is 12.6. The third-order valence-electron chi connectivity index (χ3n) is 3.61. The maximum Gasteiger partial charge on any atom is 0.310 e. The Bertz CT molecular complexity index is 847. The summed E-state index contributed by atoms with van der Waals surface area (Å²) in [7, 11) is 0. The molecule has 1 aromatic carbocycles. The van der Waals surface area contributed by atoms with Crippen LogP contribution in [0.25, 0.3) is 11.4 Å². The lowest BCUT2D eigenvalue weighted by molar-refractivity contribution is -0.150. The zero-order valence-electron chi connectivity index (χ0n) is 14.6. The number of benzene rings is 1. The third kappa shape index (κ3) is 4.66. The summed E-state index contributed by atoms with van der Waals surface area (Å²) in [5.74, 6) is 0.954. The largest absolute Gasteiger partial charge is 0.493 e. The highest BCUT2D eigenvalue weighted by Gasteiger charge is 2.19. The van der Waals surface area contributed by atoms with Crippen LogP contribution in [0.15, 0.2) is 53.3 Å². The Hall–Kier alpha value is -3.22. The third-order valence-corrected chi connectivity index (χ3v) is 3.61. The van der Waals surface area contributed by atoms with Gasteiger partial charge in [0.15, 0.2) is 6.10 Å². The Morgan fingerprint density at radius 3 is 2.77 bits per heavy atom. The summed E-state index contributed by atoms with van der Waals surface area (Å²) in [6.45, 7) is 3.92. The van der Waals surface area contributed by atoms with Crippen LogP contribution >= 0.6 is 0 Å². The number of hydrogen-bond acceptors (Lipinski definition) is 7. The molecule has 0 radical (unpaired) electrons. The summed E-state index contributed by atoms with van der Waals surface area (Å²) in [6.07, 6.45) is 2.78. The van der Waals surface area contributed by atoms with Crippen molar-refractivity contribution in [2.24, 2.45) is 0 Å². The molecule has 1 unspecified atom stereocenters. The van der Waals surface area contributed by atoms with E-state index in [0.717, 1.165) is 16.9 Å². The zero-order valence-corrected chi connectivity index (χ0v) is 14.6. The van der Waals surface area contributed by atoms with Gasteiger partial charge in [-0.05, 0) is 38.1 Å². The van der Waals surface area contributed by atoms with Gasteiger partial charge in [0, 0.05) is 18.0 Å². The summed E-state index contributed by atoms with van der Waals surface area (Å²) in [5.41, 5.74) is 1.88. The summed E-state index contributed by atoms with van der Waals surface area (Å²) in [5, 5.41) is 3.88. The summed E-state index contributed by atoms with van der Waals surface area (Å²) in [6, 6.07) is 11.2. The molecule has 1 atom stereocenters. The lowest BCUT2D eigenvalue weighted by atomic mass is 10.2. The van der Waals surface area contributed by atoms with Gasteiger partial charge >= 0.3 is 5.97 Å². The Morgan fingerprint density at radius 1 is 1.23 bits per heavy atom. The number of aryl methyl sites for hydroxylation is 1. The standard InChI is InChI=1S/C19H19N3O4/c1-13-5-7-16(8-6-13)24-11-9-17(23)25-14(2)19-21-18(22-26-19)15-4-3-10-20-12-15/h3-8,10,12,14H,9,11H2,1-2H3. The van der Waals surface area contributed by atoms with Crippen LogP contribution in [-0.2, 0) is 9.53 Å². The molecular formula is C19H19N3O4. The minimum Gasteiger partial charge on any atom is -0.493 e. The molecule has 2 heterocycles. The minimum absolute atomic E-state index is 0.127. The number of pyridine rings is 1. The highest BCUT2D eigenvalue weighted by Crippen LogP contribution is 2.20. The van der Waals surface area contributed by atoms with Crippen LogP contribution in [0.1, 0.15) is 30.9 Å². The van der Waals surface area contributed by atoms with Gasteiger partial charge in [0.1, 0.15) is 5.75 Å². The van der Waals surface area contributed by atoms with Crippen molar-refractivity contribution in [3.63, 3.8) is 0 Å². The summed E-state index contributed by atoms with van der Waals surface area (Å²) < 4.78 is 16.0. The van der Waals surface area contributed by atoms with Crippen molar-refractivity contribution in [1.29, 1.82) is 0 Å². The molecule has 3 aromatic rings. The first kappa shape index (κ1) is 17.6. The van der Waals surface area contributed by atoms with Crippen molar-refractivity contribution in [3.05, 3.63) is 60.2 Å². The molecule has 7 nitrogen and oxygen atoms in total. The summed E-state index contributed by atoms with van der Waals surface area (Å²) in [4.78, 5) is 20.2. The molecule has 134 valence electrons. The zero-order chi connectivity index (χ0) is 18.4. The van der Waals surface area contributed by atoms with Gasteiger partial charge in [-0.3, -0.25) is 9.78 Å². The van der Waals surface area contributed by atoms with Crippen LogP contribution in [0.3, 0.4) is 0 Å². The van der Waals surface area contributed by atoms with Crippen LogP contribution in [0.5, 0.6) is 5.75 Å². The van der Waals surface area contributed by atoms with Crippen LogP contribution in [0.4, 0.5) is 0 Å². The number of nitrogens with zero attached hydrogens (tertiary/aromatic N) is 3. The molecule has 0 N–H and O–H groups in total. The van der Waals surface area contributed by atoms with Crippen molar-refractivity contribution in [3.8, 4) is 17.1 Å². The van der Waals surface area contributed by atoms with Crippen molar-refractivity contribution in [2.75, 3.05) is 6.61 Å². The molecule has 26 heavy (non-hydrogen) atoms.